The number of hydrogen-bond acceptors (Lipinski definition) is 3. The molecule has 4 heteroatoms. The highest BCUT2D eigenvalue weighted by Crippen LogP contribution is 2.31. The van der Waals surface area contributed by atoms with Crippen LogP contribution < -0.4 is 4.74 Å². The van der Waals surface area contributed by atoms with E-state index in [9.17, 15) is 0 Å². The quantitative estimate of drug-likeness (QED) is 0.826. The first-order valence-corrected chi connectivity index (χ1v) is 6.62. The lowest BCUT2D eigenvalue weighted by Gasteiger charge is -2.11. The van der Waals surface area contributed by atoms with Gasteiger partial charge in [-0.05, 0) is 23.6 Å². The van der Waals surface area contributed by atoms with Gasteiger partial charge in [0.2, 0.25) is 0 Å². The van der Waals surface area contributed by atoms with Gasteiger partial charge >= 0.3 is 0 Å². The molecule has 2 rings (SSSR count). The number of thiol groups is 1. The minimum Gasteiger partial charge on any atom is -0.496 e. The maximum atomic E-state index is 5.47. The highest BCUT2D eigenvalue weighted by Gasteiger charge is 2.10. The summed E-state index contributed by atoms with van der Waals surface area (Å²) in [6, 6.07) is 6.29. The molecule has 18 heavy (non-hydrogen) atoms. The van der Waals surface area contributed by atoms with Crippen LogP contribution in [-0.2, 0) is 5.75 Å². The lowest BCUT2D eigenvalue weighted by Crippen LogP contribution is -1.93. The summed E-state index contributed by atoms with van der Waals surface area (Å²) in [6.45, 7) is 4.34. The first-order chi connectivity index (χ1) is 8.65. The second kappa shape index (κ2) is 5.48. The number of ether oxygens (including phenoxy) is 1. The molecule has 0 fully saturated rings. The smallest absolute Gasteiger partial charge is 0.128 e. The monoisotopic (exact) mass is 262 g/mol. The molecule has 0 aliphatic carbocycles. The number of nitrogens with one attached hydrogen (secondary N) is 1. The molecule has 0 amide bonds. The number of benzene rings is 1. The third kappa shape index (κ3) is 2.53. The number of imidazole rings is 1. The second-order valence-electron chi connectivity index (χ2n) is 4.52. The van der Waals surface area contributed by atoms with Crippen molar-refractivity contribution in [2.75, 3.05) is 7.11 Å². The Bertz CT molecular complexity index is 534. The van der Waals surface area contributed by atoms with E-state index in [4.69, 9.17) is 4.74 Å². The van der Waals surface area contributed by atoms with Crippen LogP contribution in [0.5, 0.6) is 5.75 Å². The highest BCUT2D eigenvalue weighted by molar-refractivity contribution is 7.79. The van der Waals surface area contributed by atoms with Crippen LogP contribution in [-0.4, -0.2) is 17.1 Å². The molecule has 0 aliphatic heterocycles. The fourth-order valence-electron chi connectivity index (χ4n) is 1.87. The Morgan fingerprint density at radius 3 is 2.72 bits per heavy atom. The van der Waals surface area contributed by atoms with Crippen molar-refractivity contribution in [3.05, 3.63) is 35.8 Å². The number of aromatic amines is 1. The van der Waals surface area contributed by atoms with Crippen molar-refractivity contribution in [3.8, 4) is 17.0 Å². The van der Waals surface area contributed by atoms with Crippen LogP contribution in [0, 0.1) is 0 Å². The lowest BCUT2D eigenvalue weighted by molar-refractivity contribution is 0.415. The Morgan fingerprint density at radius 2 is 2.17 bits per heavy atom. The molecule has 0 spiro atoms. The maximum absolute atomic E-state index is 5.47. The van der Waals surface area contributed by atoms with E-state index in [0.29, 0.717) is 11.7 Å². The van der Waals surface area contributed by atoms with E-state index in [1.807, 2.05) is 6.20 Å². The summed E-state index contributed by atoms with van der Waals surface area (Å²) in [5.41, 5.74) is 3.26. The maximum Gasteiger partial charge on any atom is 0.128 e. The molecular formula is C14H18N2OS. The van der Waals surface area contributed by atoms with Crippen LogP contribution in [0.2, 0.25) is 0 Å². The van der Waals surface area contributed by atoms with Gasteiger partial charge in [0.1, 0.15) is 11.6 Å². The van der Waals surface area contributed by atoms with Gasteiger partial charge in [-0.25, -0.2) is 4.98 Å². The Balaban J connectivity index is 2.44. The van der Waals surface area contributed by atoms with Gasteiger partial charge in [0, 0.05) is 11.3 Å². The molecule has 0 radical (unpaired) electrons. The first kappa shape index (κ1) is 13.0. The summed E-state index contributed by atoms with van der Waals surface area (Å²) in [5.74, 6) is 2.83. The van der Waals surface area contributed by atoms with E-state index in [2.05, 4.69) is 54.6 Å². The van der Waals surface area contributed by atoms with E-state index in [1.165, 1.54) is 5.56 Å². The summed E-state index contributed by atoms with van der Waals surface area (Å²) < 4.78 is 5.47. The minimum absolute atomic E-state index is 0.489. The highest BCUT2D eigenvalue weighted by atomic mass is 32.1. The van der Waals surface area contributed by atoms with E-state index in [0.717, 1.165) is 22.8 Å². The predicted molar refractivity (Wildman–Crippen MR) is 77.4 cm³/mol. The normalized spacial score (nSPS) is 10.9. The van der Waals surface area contributed by atoms with E-state index >= 15 is 0 Å². The Morgan fingerprint density at radius 1 is 1.39 bits per heavy atom. The lowest BCUT2D eigenvalue weighted by atomic mass is 10.00. The third-order valence-corrected chi connectivity index (χ3v) is 3.26. The molecule has 1 N–H and O–H groups in total. The zero-order valence-corrected chi connectivity index (χ0v) is 11.8. The predicted octanol–water partition coefficient (Wildman–Crippen LogP) is 3.64. The van der Waals surface area contributed by atoms with E-state index < -0.39 is 0 Å². The van der Waals surface area contributed by atoms with Gasteiger partial charge in [-0.2, -0.15) is 12.6 Å². The number of hydrogen-bond donors (Lipinski definition) is 2. The molecule has 0 atom stereocenters. The van der Waals surface area contributed by atoms with Crippen molar-refractivity contribution < 1.29 is 4.74 Å². The number of aromatic nitrogens is 2. The molecule has 1 aromatic heterocycles. The zero-order valence-electron chi connectivity index (χ0n) is 10.9. The molecule has 0 saturated carbocycles. The fourth-order valence-corrected chi connectivity index (χ4v) is 2.03. The number of methoxy groups -OCH3 is 1. The molecule has 0 aliphatic rings. The number of nitrogens with zero attached hydrogens (tertiary/aromatic N) is 1. The standard InChI is InChI=1S/C14H18N2OS/c1-9(2)10-4-5-11(13(6-10)17-3)12-7-15-14(8-18)16-12/h4-7,9,18H,8H2,1-3H3,(H,15,16). The van der Waals surface area contributed by atoms with Crippen LogP contribution in [0.15, 0.2) is 24.4 Å². The van der Waals surface area contributed by atoms with Crippen molar-refractivity contribution in [2.45, 2.75) is 25.5 Å². The average molecular weight is 262 g/mol. The van der Waals surface area contributed by atoms with Gasteiger partial charge in [-0.1, -0.05) is 19.9 Å². The van der Waals surface area contributed by atoms with Gasteiger partial charge in [0.05, 0.1) is 19.0 Å². The fraction of sp³-hybridized carbons (Fsp3) is 0.357. The largest absolute Gasteiger partial charge is 0.496 e. The van der Waals surface area contributed by atoms with Crippen molar-refractivity contribution in [1.29, 1.82) is 0 Å². The Labute approximate surface area is 113 Å². The molecule has 0 unspecified atom stereocenters. The van der Waals surface area contributed by atoms with Crippen LogP contribution in [0.1, 0.15) is 31.2 Å². The second-order valence-corrected chi connectivity index (χ2v) is 4.83. The summed E-state index contributed by atoms with van der Waals surface area (Å²) in [6.07, 6.45) is 1.82. The Hall–Kier alpha value is -1.42. The van der Waals surface area contributed by atoms with Crippen molar-refractivity contribution in [2.24, 2.45) is 0 Å². The first-order valence-electron chi connectivity index (χ1n) is 5.98. The van der Waals surface area contributed by atoms with Crippen molar-refractivity contribution in [1.82, 2.24) is 9.97 Å². The molecule has 0 saturated heterocycles. The minimum atomic E-state index is 0.489. The molecule has 96 valence electrons. The van der Waals surface area contributed by atoms with Gasteiger partial charge in [0.15, 0.2) is 0 Å². The average Bonchev–Trinajstić information content (AvgIpc) is 2.86. The molecular weight excluding hydrogens is 244 g/mol. The molecule has 0 bridgehead atoms. The van der Waals surface area contributed by atoms with Gasteiger partial charge in [0.25, 0.3) is 0 Å². The summed E-state index contributed by atoms with van der Waals surface area (Å²) in [7, 11) is 1.69. The molecule has 1 heterocycles. The van der Waals surface area contributed by atoms with Gasteiger partial charge in [-0.3, -0.25) is 0 Å². The molecule has 3 nitrogen and oxygen atoms in total. The number of H-pyrrole nitrogens is 1. The van der Waals surface area contributed by atoms with Crippen LogP contribution >= 0.6 is 12.6 Å². The van der Waals surface area contributed by atoms with Crippen molar-refractivity contribution >= 4 is 12.6 Å². The van der Waals surface area contributed by atoms with Crippen LogP contribution in [0.4, 0.5) is 0 Å². The summed E-state index contributed by atoms with van der Waals surface area (Å²) >= 11 is 4.20. The van der Waals surface area contributed by atoms with E-state index in [-0.39, 0.29) is 0 Å². The van der Waals surface area contributed by atoms with Gasteiger partial charge in [-0.15, -0.1) is 0 Å². The summed E-state index contributed by atoms with van der Waals surface area (Å²) in [5, 5.41) is 0. The zero-order chi connectivity index (χ0) is 13.1. The SMILES string of the molecule is COc1cc(C(C)C)ccc1-c1cnc(CS)[nH]1. The third-order valence-electron chi connectivity index (χ3n) is 2.96. The molecule has 1 aromatic carbocycles. The van der Waals surface area contributed by atoms with Crippen LogP contribution in [0.25, 0.3) is 11.3 Å². The Kier molecular flexibility index (Phi) is 3.97. The number of rotatable bonds is 4. The molecule has 2 aromatic rings. The topological polar surface area (TPSA) is 37.9 Å². The van der Waals surface area contributed by atoms with Gasteiger partial charge < -0.3 is 9.72 Å². The summed E-state index contributed by atoms with van der Waals surface area (Å²) in [4.78, 5) is 7.49. The van der Waals surface area contributed by atoms with Crippen LogP contribution in [0.3, 0.4) is 0 Å². The van der Waals surface area contributed by atoms with Crippen molar-refractivity contribution in [3.63, 3.8) is 0 Å². The van der Waals surface area contributed by atoms with E-state index in [1.54, 1.807) is 7.11 Å².